The molecule has 2 heterocycles. The number of carbonyl (C=O) groups is 2. The van der Waals surface area contributed by atoms with E-state index in [1.165, 1.54) is 6.07 Å². The fraction of sp³-hybridized carbons (Fsp3) is 0.435. The lowest BCUT2D eigenvalue weighted by atomic mass is 9.93. The number of benzene rings is 1. The summed E-state index contributed by atoms with van der Waals surface area (Å²) in [6.07, 6.45) is 6.21. The molecule has 2 aliphatic rings. The Kier molecular flexibility index (Phi) is 6.57. The van der Waals surface area contributed by atoms with Gasteiger partial charge in [-0.2, -0.15) is 17.7 Å². The van der Waals surface area contributed by atoms with Crippen molar-refractivity contribution in [2.24, 2.45) is 5.92 Å². The number of aromatic nitrogens is 2. The topological polar surface area (TPSA) is 75.4 Å². The van der Waals surface area contributed by atoms with Crippen LogP contribution in [0.1, 0.15) is 43.0 Å². The number of Topliss-reactive ketones (excluding diaryl/α,β-unsaturated/α-hetero) is 1. The minimum Gasteiger partial charge on any atom is -0.481 e. The number of thiol groups is 1. The van der Waals surface area contributed by atoms with E-state index < -0.39 is 12.0 Å². The molecule has 0 bridgehead atoms. The SMILES string of the molecule is O=C(O)CCn1ccc(/C=C2/CN([C@@H](C(=O)C3CC3)c3ccccc3F)CC[C@H]2S)n1. The Morgan fingerprint density at radius 3 is 2.74 bits per heavy atom. The number of aliphatic carboxylic acids is 1. The van der Waals surface area contributed by atoms with E-state index in [1.54, 1.807) is 29.1 Å². The molecule has 1 aliphatic carbocycles. The van der Waals surface area contributed by atoms with Crippen molar-refractivity contribution in [2.75, 3.05) is 13.1 Å². The summed E-state index contributed by atoms with van der Waals surface area (Å²) in [5.74, 6) is -1.10. The van der Waals surface area contributed by atoms with Crippen LogP contribution in [-0.4, -0.2) is 49.9 Å². The van der Waals surface area contributed by atoms with Gasteiger partial charge in [0.2, 0.25) is 0 Å². The Balaban J connectivity index is 1.56. The molecule has 164 valence electrons. The lowest BCUT2D eigenvalue weighted by molar-refractivity contribution is -0.137. The molecule has 1 saturated heterocycles. The van der Waals surface area contributed by atoms with Crippen LogP contribution >= 0.6 is 12.6 Å². The average molecular weight is 444 g/mol. The zero-order valence-electron chi connectivity index (χ0n) is 17.2. The molecule has 1 aromatic carbocycles. The van der Waals surface area contributed by atoms with Crippen molar-refractivity contribution in [3.05, 3.63) is 59.2 Å². The maximum Gasteiger partial charge on any atom is 0.305 e. The Labute approximate surface area is 186 Å². The zero-order chi connectivity index (χ0) is 22.0. The van der Waals surface area contributed by atoms with E-state index in [4.69, 9.17) is 17.7 Å². The van der Waals surface area contributed by atoms with Crippen LogP contribution in [0.2, 0.25) is 0 Å². The van der Waals surface area contributed by atoms with Crippen molar-refractivity contribution < 1.29 is 19.1 Å². The van der Waals surface area contributed by atoms with Crippen LogP contribution in [0.25, 0.3) is 6.08 Å². The van der Waals surface area contributed by atoms with Crippen LogP contribution < -0.4 is 0 Å². The Bertz CT molecular complexity index is 1000. The molecule has 1 saturated carbocycles. The molecule has 8 heteroatoms. The Hall–Kier alpha value is -2.45. The molecule has 0 amide bonds. The van der Waals surface area contributed by atoms with Crippen LogP contribution in [0, 0.1) is 11.7 Å². The summed E-state index contributed by atoms with van der Waals surface area (Å²) in [6, 6.07) is 7.78. The van der Waals surface area contributed by atoms with Crippen molar-refractivity contribution in [1.29, 1.82) is 0 Å². The highest BCUT2D eigenvalue weighted by molar-refractivity contribution is 7.81. The van der Waals surface area contributed by atoms with E-state index >= 15 is 0 Å². The average Bonchev–Trinajstić information content (AvgIpc) is 3.50. The molecule has 0 unspecified atom stereocenters. The first-order valence-corrected chi connectivity index (χ1v) is 11.1. The number of carboxylic acids is 1. The van der Waals surface area contributed by atoms with E-state index in [0.717, 1.165) is 30.5 Å². The number of hydrogen-bond acceptors (Lipinski definition) is 5. The highest BCUT2D eigenvalue weighted by atomic mass is 32.1. The quantitative estimate of drug-likeness (QED) is 0.610. The summed E-state index contributed by atoms with van der Waals surface area (Å²) >= 11 is 4.72. The third-order valence-electron chi connectivity index (χ3n) is 5.87. The zero-order valence-corrected chi connectivity index (χ0v) is 18.0. The monoisotopic (exact) mass is 443 g/mol. The molecule has 4 rings (SSSR count). The van der Waals surface area contributed by atoms with Gasteiger partial charge in [0.15, 0.2) is 5.78 Å². The highest BCUT2D eigenvalue weighted by Crippen LogP contribution is 2.39. The van der Waals surface area contributed by atoms with Crippen molar-refractivity contribution in [1.82, 2.24) is 14.7 Å². The molecule has 1 aliphatic heterocycles. The predicted octanol–water partition coefficient (Wildman–Crippen LogP) is 3.60. The smallest absolute Gasteiger partial charge is 0.305 e. The maximum atomic E-state index is 14.6. The number of hydrogen-bond donors (Lipinski definition) is 2. The minimum atomic E-state index is -0.867. The van der Waals surface area contributed by atoms with Crippen LogP contribution in [0.15, 0.2) is 42.1 Å². The summed E-state index contributed by atoms with van der Waals surface area (Å²) in [4.78, 5) is 25.9. The van der Waals surface area contributed by atoms with Gasteiger partial charge in [0.1, 0.15) is 5.82 Å². The second kappa shape index (κ2) is 9.36. The summed E-state index contributed by atoms with van der Waals surface area (Å²) in [5.41, 5.74) is 2.18. The van der Waals surface area contributed by atoms with Crippen molar-refractivity contribution >= 4 is 30.5 Å². The molecule has 1 N–H and O–H groups in total. The number of carboxylic acid groups (broad SMARTS) is 1. The summed E-state index contributed by atoms with van der Waals surface area (Å²) in [5, 5.41) is 13.3. The lowest BCUT2D eigenvalue weighted by Gasteiger charge is -2.37. The fourth-order valence-corrected chi connectivity index (χ4v) is 4.32. The van der Waals surface area contributed by atoms with Crippen LogP contribution in [0.3, 0.4) is 0 Å². The molecule has 31 heavy (non-hydrogen) atoms. The van der Waals surface area contributed by atoms with Gasteiger partial charge in [0.05, 0.1) is 24.7 Å². The standard InChI is InChI=1S/C23H26FN3O3S/c24-19-4-2-1-3-18(19)22(23(30)15-5-6-15)26-10-8-20(31)16(14-26)13-17-7-11-27(25-17)12-9-21(28)29/h1-4,7,11,13,15,20,22,31H,5-6,8-10,12,14H2,(H,28,29)/b16-13-/t20-,22-/m1/s1. The Morgan fingerprint density at radius 2 is 2.03 bits per heavy atom. The van der Waals surface area contributed by atoms with Crippen LogP contribution in [0.4, 0.5) is 4.39 Å². The lowest BCUT2D eigenvalue weighted by Crippen LogP contribution is -2.42. The molecule has 0 radical (unpaired) electrons. The van der Waals surface area contributed by atoms with Gasteiger partial charge in [-0.1, -0.05) is 18.2 Å². The van der Waals surface area contributed by atoms with Gasteiger partial charge in [-0.3, -0.25) is 19.2 Å². The van der Waals surface area contributed by atoms with Crippen LogP contribution in [0.5, 0.6) is 0 Å². The normalized spacial score (nSPS) is 21.9. The van der Waals surface area contributed by atoms with E-state index in [2.05, 4.69) is 10.00 Å². The molecule has 6 nitrogen and oxygen atoms in total. The van der Waals surface area contributed by atoms with Gasteiger partial charge < -0.3 is 5.11 Å². The number of rotatable bonds is 8. The van der Waals surface area contributed by atoms with E-state index in [-0.39, 0.29) is 29.2 Å². The third kappa shape index (κ3) is 5.25. The van der Waals surface area contributed by atoms with Crippen molar-refractivity contribution in [3.8, 4) is 0 Å². The number of aryl methyl sites for hydroxylation is 1. The van der Waals surface area contributed by atoms with Crippen molar-refractivity contribution in [2.45, 2.75) is 43.5 Å². The number of ketones is 1. The predicted molar refractivity (Wildman–Crippen MR) is 118 cm³/mol. The number of likely N-dealkylation sites (tertiary alicyclic amines) is 1. The minimum absolute atomic E-state index is 0.00819. The number of piperidine rings is 1. The third-order valence-corrected chi connectivity index (χ3v) is 6.46. The van der Waals surface area contributed by atoms with Crippen LogP contribution in [-0.2, 0) is 16.1 Å². The molecule has 0 spiro atoms. The second-order valence-electron chi connectivity index (χ2n) is 8.24. The largest absolute Gasteiger partial charge is 0.481 e. The Morgan fingerprint density at radius 1 is 1.26 bits per heavy atom. The molecular formula is C23H26FN3O3S. The molecule has 2 aromatic rings. The van der Waals surface area contributed by atoms with Gasteiger partial charge in [0, 0.05) is 36.0 Å². The molecule has 2 atom stereocenters. The molecular weight excluding hydrogens is 417 g/mol. The van der Waals surface area contributed by atoms with E-state index in [0.29, 0.717) is 25.2 Å². The van der Waals surface area contributed by atoms with Gasteiger partial charge >= 0.3 is 5.97 Å². The van der Waals surface area contributed by atoms with Gasteiger partial charge in [-0.05, 0) is 43.0 Å². The van der Waals surface area contributed by atoms with Crippen molar-refractivity contribution in [3.63, 3.8) is 0 Å². The summed E-state index contributed by atoms with van der Waals surface area (Å²) < 4.78 is 16.2. The van der Waals surface area contributed by atoms with E-state index in [1.807, 2.05) is 12.1 Å². The second-order valence-corrected chi connectivity index (χ2v) is 8.87. The molecule has 2 fully saturated rings. The van der Waals surface area contributed by atoms with Gasteiger partial charge in [-0.25, -0.2) is 4.39 Å². The highest BCUT2D eigenvalue weighted by Gasteiger charge is 2.40. The van der Waals surface area contributed by atoms with Gasteiger partial charge in [-0.15, -0.1) is 0 Å². The fourth-order valence-electron chi connectivity index (χ4n) is 4.05. The maximum absolute atomic E-state index is 14.6. The number of carbonyl (C=O) groups excluding carboxylic acids is 1. The first-order chi connectivity index (χ1) is 14.9. The summed E-state index contributed by atoms with van der Waals surface area (Å²) in [6.45, 7) is 1.48. The van der Waals surface area contributed by atoms with E-state index in [9.17, 15) is 14.0 Å². The van der Waals surface area contributed by atoms with Gasteiger partial charge in [0.25, 0.3) is 0 Å². The first kappa shape index (κ1) is 21.8. The first-order valence-electron chi connectivity index (χ1n) is 10.6. The number of nitrogens with zero attached hydrogens (tertiary/aromatic N) is 3. The number of halogens is 1. The molecule has 1 aromatic heterocycles. The summed E-state index contributed by atoms with van der Waals surface area (Å²) in [7, 11) is 0.